The van der Waals surface area contributed by atoms with Crippen LogP contribution in [-0.4, -0.2) is 40.1 Å². The van der Waals surface area contributed by atoms with E-state index in [1.807, 2.05) is 0 Å². The van der Waals surface area contributed by atoms with E-state index in [1.54, 1.807) is 29.4 Å². The lowest BCUT2D eigenvalue weighted by Gasteiger charge is -2.32. The number of piperidine rings is 1. The Bertz CT molecular complexity index is 450. The van der Waals surface area contributed by atoms with Crippen LogP contribution in [0.3, 0.4) is 0 Å². The van der Waals surface area contributed by atoms with Crippen molar-refractivity contribution in [2.45, 2.75) is 19.3 Å². The van der Waals surface area contributed by atoms with E-state index in [4.69, 9.17) is 5.11 Å². The molecule has 1 saturated heterocycles. The SMILES string of the molecule is O=C(O)CC1CCCN(C(=O)Nc2cccnc2)C1. The highest BCUT2D eigenvalue weighted by atomic mass is 16.4. The molecule has 1 aromatic heterocycles. The molecule has 0 bridgehead atoms. The van der Waals surface area contributed by atoms with Gasteiger partial charge in [0.15, 0.2) is 0 Å². The Morgan fingerprint density at radius 1 is 1.53 bits per heavy atom. The van der Waals surface area contributed by atoms with Crippen molar-refractivity contribution in [3.8, 4) is 0 Å². The first-order chi connectivity index (χ1) is 9.15. The third kappa shape index (κ3) is 3.94. The van der Waals surface area contributed by atoms with Crippen LogP contribution >= 0.6 is 0 Å². The molecule has 0 radical (unpaired) electrons. The zero-order valence-corrected chi connectivity index (χ0v) is 10.6. The number of rotatable bonds is 3. The molecule has 1 aromatic rings. The molecule has 0 aromatic carbocycles. The maximum Gasteiger partial charge on any atom is 0.321 e. The van der Waals surface area contributed by atoms with E-state index in [1.165, 1.54) is 0 Å². The van der Waals surface area contributed by atoms with Gasteiger partial charge in [-0.05, 0) is 30.9 Å². The Balaban J connectivity index is 1.90. The first-order valence-corrected chi connectivity index (χ1v) is 6.33. The van der Waals surface area contributed by atoms with Gasteiger partial charge in [-0.25, -0.2) is 4.79 Å². The third-order valence-corrected chi connectivity index (χ3v) is 3.18. The molecule has 0 aliphatic carbocycles. The summed E-state index contributed by atoms with van der Waals surface area (Å²) in [6.45, 7) is 1.17. The molecule has 1 atom stereocenters. The smallest absolute Gasteiger partial charge is 0.321 e. The van der Waals surface area contributed by atoms with Crippen molar-refractivity contribution in [1.29, 1.82) is 0 Å². The average Bonchev–Trinajstić information content (AvgIpc) is 2.39. The molecule has 1 unspecified atom stereocenters. The average molecular weight is 263 g/mol. The van der Waals surface area contributed by atoms with E-state index in [2.05, 4.69) is 10.3 Å². The number of carboxylic acids is 1. The maximum atomic E-state index is 12.0. The zero-order valence-electron chi connectivity index (χ0n) is 10.6. The summed E-state index contributed by atoms with van der Waals surface area (Å²) in [6.07, 6.45) is 5.05. The molecule has 6 nitrogen and oxygen atoms in total. The molecular formula is C13H17N3O3. The van der Waals surface area contributed by atoms with Crippen molar-refractivity contribution in [3.05, 3.63) is 24.5 Å². The molecule has 102 valence electrons. The highest BCUT2D eigenvalue weighted by Crippen LogP contribution is 2.20. The highest BCUT2D eigenvalue weighted by molar-refractivity contribution is 5.89. The summed E-state index contributed by atoms with van der Waals surface area (Å²) in [6, 6.07) is 3.32. The van der Waals surface area contributed by atoms with Crippen LogP contribution in [0, 0.1) is 5.92 Å². The lowest BCUT2D eigenvalue weighted by Crippen LogP contribution is -2.42. The van der Waals surface area contributed by atoms with Crippen molar-refractivity contribution < 1.29 is 14.7 Å². The van der Waals surface area contributed by atoms with Gasteiger partial charge in [-0.1, -0.05) is 0 Å². The van der Waals surface area contributed by atoms with E-state index in [-0.39, 0.29) is 18.4 Å². The Hall–Kier alpha value is -2.11. The van der Waals surface area contributed by atoms with Gasteiger partial charge < -0.3 is 15.3 Å². The second-order valence-corrected chi connectivity index (χ2v) is 4.72. The van der Waals surface area contributed by atoms with Crippen molar-refractivity contribution in [2.24, 2.45) is 5.92 Å². The molecule has 1 aliphatic rings. The Morgan fingerprint density at radius 2 is 2.37 bits per heavy atom. The van der Waals surface area contributed by atoms with Gasteiger partial charge in [0.25, 0.3) is 0 Å². The van der Waals surface area contributed by atoms with Crippen molar-refractivity contribution in [1.82, 2.24) is 9.88 Å². The molecule has 2 heterocycles. The number of carbonyl (C=O) groups is 2. The molecule has 19 heavy (non-hydrogen) atoms. The summed E-state index contributed by atoms with van der Waals surface area (Å²) in [5.74, 6) is -0.759. The minimum absolute atomic E-state index is 0.0471. The number of amides is 2. The Kier molecular flexibility index (Phi) is 4.33. The van der Waals surface area contributed by atoms with Gasteiger partial charge in [0.2, 0.25) is 0 Å². The minimum atomic E-state index is -0.806. The van der Waals surface area contributed by atoms with E-state index < -0.39 is 5.97 Å². The largest absolute Gasteiger partial charge is 0.481 e. The van der Waals surface area contributed by atoms with E-state index in [9.17, 15) is 9.59 Å². The van der Waals surface area contributed by atoms with Gasteiger partial charge >= 0.3 is 12.0 Å². The summed E-state index contributed by atoms with van der Waals surface area (Å²) < 4.78 is 0. The van der Waals surface area contributed by atoms with Gasteiger partial charge in [0.05, 0.1) is 11.9 Å². The van der Waals surface area contributed by atoms with Gasteiger partial charge in [-0.15, -0.1) is 0 Å². The number of nitrogens with zero attached hydrogens (tertiary/aromatic N) is 2. The van der Waals surface area contributed by atoms with Crippen LogP contribution in [0.4, 0.5) is 10.5 Å². The normalized spacial score (nSPS) is 18.9. The Labute approximate surface area is 111 Å². The summed E-state index contributed by atoms with van der Waals surface area (Å²) in [4.78, 5) is 28.3. The number of urea groups is 1. The summed E-state index contributed by atoms with van der Waals surface area (Å²) in [5, 5.41) is 11.6. The fourth-order valence-electron chi connectivity index (χ4n) is 2.30. The molecule has 2 amide bonds. The standard InChI is InChI=1S/C13H17N3O3/c17-12(18)7-10-3-2-6-16(9-10)13(19)15-11-4-1-5-14-8-11/h1,4-5,8,10H,2-3,6-7,9H2,(H,15,19)(H,17,18). The summed E-state index contributed by atoms with van der Waals surface area (Å²) in [5.41, 5.74) is 0.646. The molecule has 6 heteroatoms. The van der Waals surface area contributed by atoms with Crippen LogP contribution in [0.1, 0.15) is 19.3 Å². The number of aromatic nitrogens is 1. The lowest BCUT2D eigenvalue weighted by molar-refractivity contribution is -0.138. The number of likely N-dealkylation sites (tertiary alicyclic amines) is 1. The van der Waals surface area contributed by atoms with Crippen molar-refractivity contribution in [3.63, 3.8) is 0 Å². The number of hydrogen-bond acceptors (Lipinski definition) is 3. The topological polar surface area (TPSA) is 82.5 Å². The lowest BCUT2D eigenvalue weighted by atomic mass is 9.95. The molecular weight excluding hydrogens is 246 g/mol. The number of carboxylic acid groups (broad SMARTS) is 1. The first-order valence-electron chi connectivity index (χ1n) is 6.33. The number of aliphatic carboxylic acids is 1. The molecule has 0 saturated carbocycles. The fraction of sp³-hybridized carbons (Fsp3) is 0.462. The molecule has 0 spiro atoms. The monoisotopic (exact) mass is 263 g/mol. The maximum absolute atomic E-state index is 12.0. The van der Waals surface area contributed by atoms with E-state index in [0.717, 1.165) is 12.8 Å². The Morgan fingerprint density at radius 3 is 3.05 bits per heavy atom. The van der Waals surface area contributed by atoms with Gasteiger partial charge in [-0.2, -0.15) is 0 Å². The van der Waals surface area contributed by atoms with Crippen LogP contribution in [0.5, 0.6) is 0 Å². The van der Waals surface area contributed by atoms with Crippen LogP contribution in [0.25, 0.3) is 0 Å². The third-order valence-electron chi connectivity index (χ3n) is 3.18. The minimum Gasteiger partial charge on any atom is -0.481 e. The second kappa shape index (κ2) is 6.17. The zero-order chi connectivity index (χ0) is 13.7. The predicted molar refractivity (Wildman–Crippen MR) is 69.8 cm³/mol. The van der Waals surface area contributed by atoms with E-state index in [0.29, 0.717) is 18.8 Å². The molecule has 1 aliphatic heterocycles. The summed E-state index contributed by atoms with van der Waals surface area (Å²) in [7, 11) is 0. The van der Waals surface area contributed by atoms with Crippen LogP contribution in [0.2, 0.25) is 0 Å². The number of anilines is 1. The number of pyridine rings is 1. The quantitative estimate of drug-likeness (QED) is 0.871. The van der Waals surface area contributed by atoms with Gasteiger partial charge in [0, 0.05) is 25.7 Å². The fourth-order valence-corrected chi connectivity index (χ4v) is 2.30. The van der Waals surface area contributed by atoms with Gasteiger partial charge in [-0.3, -0.25) is 9.78 Å². The van der Waals surface area contributed by atoms with Crippen LogP contribution in [0.15, 0.2) is 24.5 Å². The van der Waals surface area contributed by atoms with Crippen molar-refractivity contribution >= 4 is 17.7 Å². The van der Waals surface area contributed by atoms with E-state index >= 15 is 0 Å². The summed E-state index contributed by atoms with van der Waals surface area (Å²) >= 11 is 0. The van der Waals surface area contributed by atoms with Crippen molar-refractivity contribution in [2.75, 3.05) is 18.4 Å². The number of hydrogen-bond donors (Lipinski definition) is 2. The van der Waals surface area contributed by atoms with Gasteiger partial charge in [0.1, 0.15) is 0 Å². The molecule has 2 rings (SSSR count). The molecule has 1 fully saturated rings. The highest BCUT2D eigenvalue weighted by Gasteiger charge is 2.25. The molecule has 2 N–H and O–H groups in total. The second-order valence-electron chi connectivity index (χ2n) is 4.72. The number of carbonyl (C=O) groups excluding carboxylic acids is 1. The predicted octanol–water partition coefficient (Wildman–Crippen LogP) is 1.80. The first kappa shape index (κ1) is 13.3. The van der Waals surface area contributed by atoms with Crippen LogP contribution < -0.4 is 5.32 Å². The number of nitrogens with one attached hydrogen (secondary N) is 1. The van der Waals surface area contributed by atoms with Crippen LogP contribution in [-0.2, 0) is 4.79 Å².